The average Bonchev–Trinajstić information content (AvgIpc) is 3.03. The molecule has 0 N–H and O–H groups in total. The molecule has 1 amide bonds. The predicted molar refractivity (Wildman–Crippen MR) is 133 cm³/mol. The smallest absolute Gasteiger partial charge is 0.419 e. The van der Waals surface area contributed by atoms with Gasteiger partial charge in [0.2, 0.25) is 0 Å². The van der Waals surface area contributed by atoms with Gasteiger partial charge in [0.15, 0.2) is 10.8 Å². The van der Waals surface area contributed by atoms with Crippen LogP contribution in [0.5, 0.6) is 5.75 Å². The molecule has 0 atom stereocenters. The minimum atomic E-state index is -4.79. The van der Waals surface area contributed by atoms with E-state index in [1.807, 2.05) is 24.3 Å². The van der Waals surface area contributed by atoms with Crippen molar-refractivity contribution < 1.29 is 22.7 Å². The van der Waals surface area contributed by atoms with E-state index < -0.39 is 23.0 Å². The van der Waals surface area contributed by atoms with Gasteiger partial charge in [0.25, 0.3) is 5.91 Å². The van der Waals surface area contributed by atoms with Gasteiger partial charge >= 0.3 is 6.18 Å². The van der Waals surface area contributed by atoms with Crippen LogP contribution in [0.4, 0.5) is 24.5 Å². The number of halogens is 3. The topological polar surface area (TPSA) is 72.7 Å². The van der Waals surface area contributed by atoms with Crippen LogP contribution in [0.1, 0.15) is 43.4 Å². The molecular weight excluding hydrogens is 503 g/mol. The number of ether oxygens (including phenoxy) is 1. The molecule has 4 fully saturated rings. The van der Waals surface area contributed by atoms with Crippen LogP contribution in [0.2, 0.25) is 0 Å². The van der Waals surface area contributed by atoms with E-state index in [1.165, 1.54) is 6.07 Å². The van der Waals surface area contributed by atoms with Crippen molar-refractivity contribution in [3.8, 4) is 11.8 Å². The van der Waals surface area contributed by atoms with Crippen molar-refractivity contribution in [1.29, 1.82) is 5.26 Å². The number of carbonyl (C=O) groups is 1. The van der Waals surface area contributed by atoms with Crippen molar-refractivity contribution in [3.63, 3.8) is 0 Å². The number of carbonyl (C=O) groups excluding carboxylic acids is 1. The van der Waals surface area contributed by atoms with Crippen LogP contribution in [0.15, 0.2) is 36.5 Å². The molecule has 2 aliphatic carbocycles. The average molecular weight is 528 g/mol. The Labute approximate surface area is 217 Å². The molecule has 3 heterocycles. The quantitative estimate of drug-likeness (QED) is 0.542. The molecule has 0 unspecified atom stereocenters. The van der Waals surface area contributed by atoms with Gasteiger partial charge in [-0.3, -0.25) is 9.69 Å². The van der Waals surface area contributed by atoms with Crippen LogP contribution in [-0.2, 0) is 11.0 Å². The Kier molecular flexibility index (Phi) is 5.30. The van der Waals surface area contributed by atoms with Crippen molar-refractivity contribution >= 4 is 34.6 Å². The number of nitriles is 1. The van der Waals surface area contributed by atoms with Crippen LogP contribution in [0.25, 0.3) is 0 Å². The van der Waals surface area contributed by atoms with Crippen LogP contribution in [0.3, 0.4) is 0 Å². The summed E-state index contributed by atoms with van der Waals surface area (Å²) < 4.78 is 46.8. The molecule has 2 saturated heterocycles. The molecular formula is C26H24F3N5O2S. The molecule has 2 aromatic rings. The molecule has 2 spiro atoms. The maximum absolute atomic E-state index is 13.6. The summed E-state index contributed by atoms with van der Waals surface area (Å²) in [6, 6.07) is 9.60. The highest BCUT2D eigenvalue weighted by Gasteiger charge is 2.60. The van der Waals surface area contributed by atoms with Crippen LogP contribution in [0, 0.1) is 16.7 Å². The molecule has 1 aromatic carbocycles. The SMILES string of the molecule is CN1CC2(CC(Oc3ccc(N4C(=S)N(c5cnc(C#N)c(C(F)(F)F)c5)C(=O)C45CCC5)cc3)C2)C1. The highest BCUT2D eigenvalue weighted by molar-refractivity contribution is 7.81. The molecule has 0 bridgehead atoms. The van der Waals surface area contributed by atoms with Gasteiger partial charge in [-0.15, -0.1) is 0 Å². The second-order valence-corrected chi connectivity index (χ2v) is 11.0. The van der Waals surface area contributed by atoms with E-state index in [0.717, 1.165) is 55.3 Å². The molecule has 4 aliphatic rings. The largest absolute Gasteiger partial charge is 0.490 e. The number of amides is 1. The Hall–Kier alpha value is -3.23. The molecule has 2 aliphatic heterocycles. The molecule has 2 saturated carbocycles. The predicted octanol–water partition coefficient (Wildman–Crippen LogP) is 4.51. The first kappa shape index (κ1) is 24.1. The lowest BCUT2D eigenvalue weighted by molar-refractivity contribution is -0.138. The van der Waals surface area contributed by atoms with Gasteiger partial charge < -0.3 is 14.5 Å². The number of pyridine rings is 1. The van der Waals surface area contributed by atoms with Gasteiger partial charge in [-0.05, 0) is 81.7 Å². The zero-order valence-electron chi connectivity index (χ0n) is 20.1. The number of nitrogens with zero attached hydrogens (tertiary/aromatic N) is 5. The molecule has 37 heavy (non-hydrogen) atoms. The Morgan fingerprint density at radius 2 is 1.84 bits per heavy atom. The van der Waals surface area contributed by atoms with E-state index in [-0.39, 0.29) is 22.8 Å². The fraction of sp³-hybridized carbons (Fsp3) is 0.462. The number of rotatable bonds is 4. The number of anilines is 2. The standard InChI is InChI=1S/C26H24F3N5O2S/c1-32-14-24(15-32)10-19(11-24)36-18-5-3-16(4-6-18)34-23(37)33(22(35)25(34)7-2-8-25)17-9-20(26(27,28)29)21(12-30)31-13-17/h3-6,9,13,19H,2,7-8,10-11,14-15H2,1H3. The fourth-order valence-corrected chi connectivity index (χ4v) is 6.77. The van der Waals surface area contributed by atoms with E-state index in [4.69, 9.17) is 22.2 Å². The Balaban J connectivity index is 1.25. The third-order valence-corrected chi connectivity index (χ3v) is 8.43. The Morgan fingerprint density at radius 3 is 2.38 bits per heavy atom. The minimum absolute atomic E-state index is 0.0908. The highest BCUT2D eigenvalue weighted by Crippen LogP contribution is 2.50. The van der Waals surface area contributed by atoms with E-state index in [0.29, 0.717) is 23.9 Å². The molecule has 6 rings (SSSR count). The molecule has 7 nitrogen and oxygen atoms in total. The van der Waals surface area contributed by atoms with Crippen LogP contribution >= 0.6 is 12.2 Å². The third kappa shape index (κ3) is 3.68. The lowest BCUT2D eigenvalue weighted by Crippen LogP contribution is -2.63. The second-order valence-electron chi connectivity index (χ2n) is 10.7. The van der Waals surface area contributed by atoms with Crippen molar-refractivity contribution in [1.82, 2.24) is 9.88 Å². The van der Waals surface area contributed by atoms with Crippen LogP contribution < -0.4 is 14.5 Å². The van der Waals surface area contributed by atoms with Gasteiger partial charge in [0.05, 0.1) is 23.6 Å². The number of thiocarbonyl (C=S) groups is 1. The molecule has 0 radical (unpaired) electrons. The summed E-state index contributed by atoms with van der Waals surface area (Å²) in [5.74, 6) is 0.354. The van der Waals surface area contributed by atoms with Crippen molar-refractivity contribution in [3.05, 3.63) is 47.8 Å². The Bertz CT molecular complexity index is 1320. The van der Waals surface area contributed by atoms with Gasteiger partial charge in [-0.2, -0.15) is 18.4 Å². The van der Waals surface area contributed by atoms with E-state index in [9.17, 15) is 18.0 Å². The van der Waals surface area contributed by atoms with Crippen LogP contribution in [-0.4, -0.2) is 52.7 Å². The number of likely N-dealkylation sites (tertiary alicyclic amines) is 1. The molecule has 11 heteroatoms. The first-order chi connectivity index (χ1) is 17.6. The van der Waals surface area contributed by atoms with Crippen molar-refractivity contribution in [2.75, 3.05) is 29.9 Å². The second kappa shape index (κ2) is 8.13. The minimum Gasteiger partial charge on any atom is -0.490 e. The first-order valence-electron chi connectivity index (χ1n) is 12.2. The number of hydrogen-bond acceptors (Lipinski definition) is 6. The maximum atomic E-state index is 13.6. The lowest BCUT2D eigenvalue weighted by atomic mass is 9.62. The maximum Gasteiger partial charge on any atom is 0.419 e. The van der Waals surface area contributed by atoms with E-state index in [2.05, 4.69) is 16.9 Å². The number of benzene rings is 1. The zero-order chi connectivity index (χ0) is 26.2. The summed E-state index contributed by atoms with van der Waals surface area (Å²) in [4.78, 5) is 22.4. The Morgan fingerprint density at radius 1 is 1.16 bits per heavy atom. The zero-order valence-corrected chi connectivity index (χ0v) is 20.9. The number of alkyl halides is 3. The lowest BCUT2D eigenvalue weighted by Gasteiger charge is -2.57. The summed E-state index contributed by atoms with van der Waals surface area (Å²) in [5.41, 5.74) is -1.90. The third-order valence-electron chi connectivity index (χ3n) is 8.06. The summed E-state index contributed by atoms with van der Waals surface area (Å²) in [6.45, 7) is 2.23. The van der Waals surface area contributed by atoms with E-state index >= 15 is 0 Å². The molecule has 192 valence electrons. The summed E-state index contributed by atoms with van der Waals surface area (Å²) >= 11 is 5.66. The van der Waals surface area contributed by atoms with Crippen molar-refractivity contribution in [2.24, 2.45) is 5.41 Å². The molecule has 1 aromatic heterocycles. The van der Waals surface area contributed by atoms with Gasteiger partial charge in [0.1, 0.15) is 17.4 Å². The summed E-state index contributed by atoms with van der Waals surface area (Å²) in [5, 5.41) is 9.16. The normalized spacial score (nSPS) is 22.6. The van der Waals surface area contributed by atoms with Gasteiger partial charge in [-0.1, -0.05) is 0 Å². The summed E-state index contributed by atoms with van der Waals surface area (Å²) in [6.07, 6.45) is 0.449. The number of aromatic nitrogens is 1. The fourth-order valence-electron chi connectivity index (χ4n) is 6.30. The van der Waals surface area contributed by atoms with Crippen molar-refractivity contribution in [2.45, 2.75) is 49.9 Å². The summed E-state index contributed by atoms with van der Waals surface area (Å²) in [7, 11) is 2.12. The monoisotopic (exact) mass is 527 g/mol. The highest BCUT2D eigenvalue weighted by atomic mass is 32.1. The van der Waals surface area contributed by atoms with E-state index in [1.54, 1.807) is 4.90 Å². The van der Waals surface area contributed by atoms with Gasteiger partial charge in [-0.25, -0.2) is 4.98 Å². The van der Waals surface area contributed by atoms with Gasteiger partial charge in [0, 0.05) is 24.2 Å². The first-order valence-corrected chi connectivity index (χ1v) is 12.6. The number of hydrogen-bond donors (Lipinski definition) is 0.